The van der Waals surface area contributed by atoms with Crippen LogP contribution in [0, 0.1) is 0 Å². The van der Waals surface area contributed by atoms with E-state index in [1.165, 1.54) is 6.07 Å². The van der Waals surface area contributed by atoms with E-state index in [1.54, 1.807) is 36.4 Å². The van der Waals surface area contributed by atoms with Crippen molar-refractivity contribution in [3.8, 4) is 0 Å². The number of halogens is 4. The lowest BCUT2D eigenvalue weighted by Gasteiger charge is -2.25. The molecular weight excluding hydrogens is 545 g/mol. The molecule has 0 heterocycles. The van der Waals surface area contributed by atoms with Crippen molar-refractivity contribution in [2.75, 3.05) is 16.8 Å². The molecule has 36 heavy (non-hydrogen) atoms. The summed E-state index contributed by atoms with van der Waals surface area (Å²) in [7, 11) is 0. The molecule has 7 nitrogen and oxygen atoms in total. The number of aliphatic carboxylic acids is 1. The maximum absolute atomic E-state index is 12.4. The zero-order valence-corrected chi connectivity index (χ0v) is 20.5. The molecule has 11 heteroatoms. The van der Waals surface area contributed by atoms with Gasteiger partial charge in [-0.2, -0.15) is 13.2 Å². The van der Waals surface area contributed by atoms with Crippen molar-refractivity contribution in [1.29, 1.82) is 0 Å². The van der Waals surface area contributed by atoms with Gasteiger partial charge >= 0.3 is 18.1 Å². The molecule has 0 aromatic heterocycles. The number of carbonyl (C=O) groups is 3. The van der Waals surface area contributed by atoms with Crippen molar-refractivity contribution in [2.45, 2.75) is 19.6 Å². The molecule has 0 aliphatic rings. The summed E-state index contributed by atoms with van der Waals surface area (Å²) in [5.41, 5.74) is 2.79. The molecule has 0 fully saturated rings. The highest BCUT2D eigenvalue weighted by molar-refractivity contribution is 9.10. The topological polar surface area (TPSA) is 107 Å². The Morgan fingerprint density at radius 1 is 0.944 bits per heavy atom. The predicted octanol–water partition coefficient (Wildman–Crippen LogP) is 6.06. The molecule has 1 amide bonds. The van der Waals surface area contributed by atoms with E-state index in [1.807, 2.05) is 42.2 Å². The van der Waals surface area contributed by atoms with E-state index in [0.717, 1.165) is 10.0 Å². The van der Waals surface area contributed by atoms with Crippen LogP contribution in [0.4, 0.5) is 24.5 Å². The number of amides is 1. The lowest BCUT2D eigenvalue weighted by atomic mass is 10.1. The Hall–Kier alpha value is -3.86. The predicted molar refractivity (Wildman–Crippen MR) is 132 cm³/mol. The first-order chi connectivity index (χ1) is 16.9. The van der Waals surface area contributed by atoms with E-state index in [4.69, 9.17) is 9.90 Å². The van der Waals surface area contributed by atoms with Crippen molar-refractivity contribution < 1.29 is 37.8 Å². The number of aromatic carboxylic acids is 1. The maximum atomic E-state index is 12.4. The van der Waals surface area contributed by atoms with Crippen LogP contribution in [-0.2, 0) is 11.3 Å². The highest BCUT2D eigenvalue weighted by Crippen LogP contribution is 2.26. The first-order valence-corrected chi connectivity index (χ1v) is 11.2. The number of anilines is 2. The second-order valence-corrected chi connectivity index (χ2v) is 8.22. The van der Waals surface area contributed by atoms with Crippen LogP contribution in [0.3, 0.4) is 0 Å². The first kappa shape index (κ1) is 28.4. The summed E-state index contributed by atoms with van der Waals surface area (Å²) in [4.78, 5) is 35.2. The van der Waals surface area contributed by atoms with Crippen LogP contribution < -0.4 is 10.2 Å². The van der Waals surface area contributed by atoms with Gasteiger partial charge in [0, 0.05) is 28.8 Å². The zero-order chi connectivity index (χ0) is 26.9. The Bertz CT molecular complexity index is 1200. The molecule has 0 bridgehead atoms. The quantitative estimate of drug-likeness (QED) is 0.321. The molecule has 0 saturated heterocycles. The molecule has 0 aliphatic carbocycles. The van der Waals surface area contributed by atoms with Gasteiger partial charge in [-0.05, 0) is 55.0 Å². The second-order valence-electron chi connectivity index (χ2n) is 7.30. The van der Waals surface area contributed by atoms with E-state index < -0.39 is 18.1 Å². The van der Waals surface area contributed by atoms with E-state index in [9.17, 15) is 27.9 Å². The van der Waals surface area contributed by atoms with Crippen LogP contribution in [0.2, 0.25) is 0 Å². The minimum Gasteiger partial charge on any atom is -0.478 e. The van der Waals surface area contributed by atoms with Gasteiger partial charge in [0.05, 0.1) is 11.3 Å². The molecule has 0 aliphatic heterocycles. The van der Waals surface area contributed by atoms with Gasteiger partial charge in [0.25, 0.3) is 5.91 Å². The van der Waals surface area contributed by atoms with Gasteiger partial charge in [0.1, 0.15) is 0 Å². The molecule has 190 valence electrons. The Morgan fingerprint density at radius 2 is 1.53 bits per heavy atom. The molecule has 0 unspecified atom stereocenters. The third-order valence-electron chi connectivity index (χ3n) is 4.77. The smallest absolute Gasteiger partial charge is 0.478 e. The summed E-state index contributed by atoms with van der Waals surface area (Å²) in [6.45, 7) is 3.24. The van der Waals surface area contributed by atoms with Gasteiger partial charge in [0.15, 0.2) is 0 Å². The van der Waals surface area contributed by atoms with Crippen molar-refractivity contribution in [3.63, 3.8) is 0 Å². The highest BCUT2D eigenvalue weighted by Gasteiger charge is 2.38. The second kappa shape index (κ2) is 12.7. The number of carboxylic acids is 2. The van der Waals surface area contributed by atoms with Crippen molar-refractivity contribution >= 4 is 45.2 Å². The van der Waals surface area contributed by atoms with Crippen LogP contribution in [0.25, 0.3) is 0 Å². The third-order valence-corrected chi connectivity index (χ3v) is 5.30. The molecule has 0 spiro atoms. The van der Waals surface area contributed by atoms with Crippen molar-refractivity contribution in [3.05, 3.63) is 94.0 Å². The zero-order valence-electron chi connectivity index (χ0n) is 18.9. The van der Waals surface area contributed by atoms with Gasteiger partial charge in [-0.1, -0.05) is 46.3 Å². The lowest BCUT2D eigenvalue weighted by Crippen LogP contribution is -2.24. The summed E-state index contributed by atoms with van der Waals surface area (Å²) in [6.07, 6.45) is -5.08. The monoisotopic (exact) mass is 566 g/mol. The normalized spacial score (nSPS) is 10.6. The van der Waals surface area contributed by atoms with E-state index in [-0.39, 0.29) is 11.5 Å². The van der Waals surface area contributed by atoms with Crippen molar-refractivity contribution in [1.82, 2.24) is 0 Å². The molecule has 3 N–H and O–H groups in total. The molecule has 3 aromatic carbocycles. The molecule has 0 atom stereocenters. The number of hydrogen-bond donors (Lipinski definition) is 3. The van der Waals surface area contributed by atoms with Gasteiger partial charge < -0.3 is 20.4 Å². The van der Waals surface area contributed by atoms with E-state index in [0.29, 0.717) is 30.0 Å². The Balaban J connectivity index is 0.000000572. The number of rotatable bonds is 7. The average molecular weight is 567 g/mol. The summed E-state index contributed by atoms with van der Waals surface area (Å²) in [5, 5.41) is 19.6. The van der Waals surface area contributed by atoms with Crippen LogP contribution >= 0.6 is 15.9 Å². The fourth-order valence-electron chi connectivity index (χ4n) is 3.04. The number of carbonyl (C=O) groups excluding carboxylic acids is 1. The third kappa shape index (κ3) is 8.42. The Kier molecular flexibility index (Phi) is 10.0. The fraction of sp³-hybridized carbons (Fsp3) is 0.160. The Morgan fingerprint density at radius 3 is 2.03 bits per heavy atom. The number of nitrogens with one attached hydrogen (secondary N) is 1. The summed E-state index contributed by atoms with van der Waals surface area (Å²) < 4.78 is 32.6. The molecular formula is C25H22BrF3N2O5. The van der Waals surface area contributed by atoms with Crippen LogP contribution in [-0.4, -0.2) is 40.8 Å². The first-order valence-electron chi connectivity index (χ1n) is 10.5. The van der Waals surface area contributed by atoms with Gasteiger partial charge in [-0.3, -0.25) is 4.79 Å². The van der Waals surface area contributed by atoms with Gasteiger partial charge in [0.2, 0.25) is 0 Å². The van der Waals surface area contributed by atoms with E-state index >= 15 is 0 Å². The number of hydrogen-bond acceptors (Lipinski definition) is 4. The van der Waals surface area contributed by atoms with Crippen molar-refractivity contribution in [2.24, 2.45) is 0 Å². The largest absolute Gasteiger partial charge is 0.490 e. The van der Waals surface area contributed by atoms with Crippen LogP contribution in [0.5, 0.6) is 0 Å². The summed E-state index contributed by atoms with van der Waals surface area (Å²) in [6, 6.07) is 21.8. The Labute approximate surface area is 213 Å². The fourth-order valence-corrected chi connectivity index (χ4v) is 3.30. The number of nitrogens with zero attached hydrogens (tertiary/aromatic N) is 1. The highest BCUT2D eigenvalue weighted by atomic mass is 79.9. The molecule has 0 saturated carbocycles. The van der Waals surface area contributed by atoms with Gasteiger partial charge in [-0.25, -0.2) is 9.59 Å². The number of carboxylic acid groups (broad SMARTS) is 2. The van der Waals surface area contributed by atoms with Crippen LogP contribution in [0.15, 0.2) is 77.3 Å². The molecule has 3 aromatic rings. The van der Waals surface area contributed by atoms with E-state index in [2.05, 4.69) is 21.2 Å². The van der Waals surface area contributed by atoms with Crippen LogP contribution in [0.1, 0.15) is 33.2 Å². The minimum absolute atomic E-state index is 0.149. The number of alkyl halides is 3. The number of benzene rings is 3. The minimum atomic E-state index is -5.08. The maximum Gasteiger partial charge on any atom is 0.490 e. The SMILES string of the molecule is CCN(Cc1ccccc1)c1ccc(NC(=O)c2ccc(Br)cc2)cc1C(=O)O.O=C(O)C(F)(F)F. The lowest BCUT2D eigenvalue weighted by molar-refractivity contribution is -0.192. The summed E-state index contributed by atoms with van der Waals surface area (Å²) >= 11 is 3.34. The average Bonchev–Trinajstić information content (AvgIpc) is 2.83. The molecule has 0 radical (unpaired) electrons. The summed E-state index contributed by atoms with van der Waals surface area (Å²) in [5.74, 6) is -4.09. The van der Waals surface area contributed by atoms with Gasteiger partial charge in [-0.15, -0.1) is 0 Å². The standard InChI is InChI=1S/C23H21BrN2O3.C2HF3O2/c1-2-26(15-16-6-4-3-5-7-16)21-13-12-19(14-20(21)23(28)29)25-22(27)17-8-10-18(24)11-9-17;3-2(4,5)1(6)7/h3-14H,2,15H2,1H3,(H,25,27)(H,28,29);(H,6,7). The molecule has 3 rings (SSSR count).